The monoisotopic (exact) mass is 348 g/mol. The Morgan fingerprint density at radius 1 is 1.16 bits per heavy atom. The summed E-state index contributed by atoms with van der Waals surface area (Å²) in [5.74, 6) is -1.15. The molecule has 1 aliphatic rings. The van der Waals surface area contributed by atoms with E-state index in [0.717, 1.165) is 32.1 Å². The van der Waals surface area contributed by atoms with Crippen molar-refractivity contribution in [2.24, 2.45) is 11.3 Å². The molecule has 2 N–H and O–H groups in total. The minimum absolute atomic E-state index is 0.0388. The van der Waals surface area contributed by atoms with Crippen molar-refractivity contribution < 1.29 is 14.0 Å². The fraction of sp³-hybridized carbons (Fsp3) is 0.600. The zero-order valence-electron chi connectivity index (χ0n) is 15.6. The maximum Gasteiger partial charge on any atom is 0.313 e. The summed E-state index contributed by atoms with van der Waals surface area (Å²) in [6.07, 6.45) is 5.07. The minimum atomic E-state index is -0.751. The van der Waals surface area contributed by atoms with E-state index in [1.54, 1.807) is 19.1 Å². The van der Waals surface area contributed by atoms with Crippen LogP contribution < -0.4 is 10.6 Å². The highest BCUT2D eigenvalue weighted by Gasteiger charge is 2.32. The molecular weight excluding hydrogens is 319 g/mol. The quantitative estimate of drug-likeness (QED) is 0.802. The molecule has 0 radical (unpaired) electrons. The van der Waals surface area contributed by atoms with Gasteiger partial charge in [0.05, 0.1) is 0 Å². The highest BCUT2D eigenvalue weighted by molar-refractivity contribution is 6.39. The molecule has 0 aliphatic heterocycles. The lowest BCUT2D eigenvalue weighted by Gasteiger charge is -2.39. The lowest BCUT2D eigenvalue weighted by Crippen LogP contribution is -2.44. The maximum absolute atomic E-state index is 13.5. The molecule has 1 saturated carbocycles. The van der Waals surface area contributed by atoms with Gasteiger partial charge in [0.15, 0.2) is 0 Å². The SMILES string of the molecule is CCC(C)(C)C1CCC(NC(=O)C(=O)Nc2ccc(C)c(F)c2)CC1. The van der Waals surface area contributed by atoms with Crippen LogP contribution in [0.5, 0.6) is 0 Å². The van der Waals surface area contributed by atoms with Gasteiger partial charge < -0.3 is 10.6 Å². The van der Waals surface area contributed by atoms with Crippen molar-refractivity contribution in [3.05, 3.63) is 29.6 Å². The molecule has 1 aliphatic carbocycles. The van der Waals surface area contributed by atoms with Gasteiger partial charge >= 0.3 is 11.8 Å². The van der Waals surface area contributed by atoms with E-state index in [2.05, 4.69) is 31.4 Å². The Kier molecular flexibility index (Phi) is 6.20. The van der Waals surface area contributed by atoms with Crippen molar-refractivity contribution in [3.8, 4) is 0 Å². The van der Waals surface area contributed by atoms with Crippen LogP contribution in [0.25, 0.3) is 0 Å². The number of benzene rings is 1. The molecule has 0 aromatic heterocycles. The van der Waals surface area contributed by atoms with Gasteiger partial charge in [0, 0.05) is 11.7 Å². The molecule has 0 unspecified atom stereocenters. The van der Waals surface area contributed by atoms with Crippen LogP contribution in [-0.4, -0.2) is 17.9 Å². The third-order valence-electron chi connectivity index (χ3n) is 5.71. The summed E-state index contributed by atoms with van der Waals surface area (Å²) in [5.41, 5.74) is 1.10. The van der Waals surface area contributed by atoms with Gasteiger partial charge in [0.25, 0.3) is 0 Å². The van der Waals surface area contributed by atoms with Crippen molar-refractivity contribution in [1.82, 2.24) is 5.32 Å². The van der Waals surface area contributed by atoms with E-state index < -0.39 is 17.6 Å². The van der Waals surface area contributed by atoms with E-state index in [1.807, 2.05) is 0 Å². The fourth-order valence-electron chi connectivity index (χ4n) is 3.42. The molecule has 5 heteroatoms. The van der Waals surface area contributed by atoms with E-state index >= 15 is 0 Å². The third-order valence-corrected chi connectivity index (χ3v) is 5.71. The van der Waals surface area contributed by atoms with Crippen LogP contribution in [0.2, 0.25) is 0 Å². The molecule has 0 atom stereocenters. The van der Waals surface area contributed by atoms with Crippen molar-refractivity contribution in [2.75, 3.05) is 5.32 Å². The smallest absolute Gasteiger partial charge is 0.313 e. The van der Waals surface area contributed by atoms with E-state index in [9.17, 15) is 14.0 Å². The molecule has 1 aromatic rings. The van der Waals surface area contributed by atoms with Crippen LogP contribution in [0.1, 0.15) is 58.4 Å². The van der Waals surface area contributed by atoms with Gasteiger partial charge in [-0.1, -0.05) is 33.3 Å². The molecule has 0 spiro atoms. The Bertz CT molecular complexity index is 635. The molecule has 0 bridgehead atoms. The van der Waals surface area contributed by atoms with Crippen molar-refractivity contribution in [3.63, 3.8) is 0 Å². The number of carbonyl (C=O) groups excluding carboxylic acids is 2. The number of hydrogen-bond donors (Lipinski definition) is 2. The summed E-state index contributed by atoms with van der Waals surface area (Å²) in [4.78, 5) is 24.1. The molecule has 25 heavy (non-hydrogen) atoms. The fourth-order valence-corrected chi connectivity index (χ4v) is 3.42. The molecule has 2 amide bonds. The summed E-state index contributed by atoms with van der Waals surface area (Å²) < 4.78 is 13.5. The van der Waals surface area contributed by atoms with Crippen LogP contribution >= 0.6 is 0 Å². The number of halogens is 1. The van der Waals surface area contributed by atoms with Gasteiger partial charge in [-0.3, -0.25) is 9.59 Å². The summed E-state index contributed by atoms with van der Waals surface area (Å²) in [7, 11) is 0. The Morgan fingerprint density at radius 3 is 2.36 bits per heavy atom. The Hall–Kier alpha value is -1.91. The van der Waals surface area contributed by atoms with E-state index in [0.29, 0.717) is 16.9 Å². The van der Waals surface area contributed by atoms with Crippen LogP contribution in [-0.2, 0) is 9.59 Å². The number of aryl methyl sites for hydroxylation is 1. The molecule has 0 saturated heterocycles. The summed E-state index contributed by atoms with van der Waals surface area (Å²) in [6.45, 7) is 8.45. The molecular formula is C20H29FN2O2. The Labute approximate surface area is 149 Å². The van der Waals surface area contributed by atoms with E-state index in [1.165, 1.54) is 6.07 Å². The predicted molar refractivity (Wildman–Crippen MR) is 97.7 cm³/mol. The second kappa shape index (κ2) is 7.98. The van der Waals surface area contributed by atoms with Gasteiger partial charge in [-0.15, -0.1) is 0 Å². The van der Waals surface area contributed by atoms with Crippen LogP contribution in [0.3, 0.4) is 0 Å². The lowest BCUT2D eigenvalue weighted by atomic mass is 9.69. The van der Waals surface area contributed by atoms with Gasteiger partial charge in [-0.05, 0) is 61.6 Å². The Morgan fingerprint density at radius 2 is 1.80 bits per heavy atom. The van der Waals surface area contributed by atoms with Gasteiger partial charge in [0.2, 0.25) is 0 Å². The maximum atomic E-state index is 13.5. The molecule has 0 heterocycles. The molecule has 4 nitrogen and oxygen atoms in total. The zero-order valence-corrected chi connectivity index (χ0v) is 15.6. The average molecular weight is 348 g/mol. The number of hydrogen-bond acceptors (Lipinski definition) is 2. The van der Waals surface area contributed by atoms with E-state index in [4.69, 9.17) is 0 Å². The predicted octanol–water partition coefficient (Wildman–Crippen LogP) is 4.18. The molecule has 2 rings (SSSR count). The second-order valence-electron chi connectivity index (χ2n) is 7.78. The van der Waals surface area contributed by atoms with Crippen LogP contribution in [0, 0.1) is 24.1 Å². The van der Waals surface area contributed by atoms with Gasteiger partial charge in [-0.2, -0.15) is 0 Å². The molecule has 138 valence electrons. The molecule has 1 aromatic carbocycles. The summed E-state index contributed by atoms with van der Waals surface area (Å²) in [5, 5.41) is 5.26. The molecule has 1 fully saturated rings. The first-order valence-electron chi connectivity index (χ1n) is 9.11. The first-order chi connectivity index (χ1) is 11.7. The highest BCUT2D eigenvalue weighted by Crippen LogP contribution is 2.40. The number of amides is 2. The Balaban J connectivity index is 1.84. The average Bonchev–Trinajstić information content (AvgIpc) is 2.58. The van der Waals surface area contributed by atoms with E-state index in [-0.39, 0.29) is 11.7 Å². The van der Waals surface area contributed by atoms with Gasteiger partial charge in [-0.25, -0.2) is 4.39 Å². The lowest BCUT2D eigenvalue weighted by molar-refractivity contribution is -0.136. The minimum Gasteiger partial charge on any atom is -0.345 e. The van der Waals surface area contributed by atoms with Crippen molar-refractivity contribution in [1.29, 1.82) is 0 Å². The first kappa shape index (κ1) is 19.4. The zero-order chi connectivity index (χ0) is 18.6. The van der Waals surface area contributed by atoms with Crippen LogP contribution in [0.4, 0.5) is 10.1 Å². The summed E-state index contributed by atoms with van der Waals surface area (Å²) >= 11 is 0. The number of anilines is 1. The highest BCUT2D eigenvalue weighted by atomic mass is 19.1. The van der Waals surface area contributed by atoms with Crippen molar-refractivity contribution >= 4 is 17.5 Å². The number of nitrogens with one attached hydrogen (secondary N) is 2. The normalized spacial score (nSPS) is 20.8. The summed E-state index contributed by atoms with van der Waals surface area (Å²) in [6, 6.07) is 4.41. The first-order valence-corrected chi connectivity index (χ1v) is 9.11. The van der Waals surface area contributed by atoms with Crippen molar-refractivity contribution in [2.45, 2.75) is 65.8 Å². The number of carbonyl (C=O) groups is 2. The van der Waals surface area contributed by atoms with Crippen LogP contribution in [0.15, 0.2) is 18.2 Å². The topological polar surface area (TPSA) is 58.2 Å². The standard InChI is InChI=1S/C20H29FN2O2/c1-5-20(3,4)14-7-10-15(11-8-14)22-18(24)19(25)23-16-9-6-13(2)17(21)12-16/h6,9,12,14-15H,5,7-8,10-11H2,1-4H3,(H,22,24)(H,23,25). The number of rotatable bonds is 4. The second-order valence-corrected chi connectivity index (χ2v) is 7.78. The van der Waals surface area contributed by atoms with Gasteiger partial charge in [0.1, 0.15) is 5.82 Å². The third kappa shape index (κ3) is 5.03. The largest absolute Gasteiger partial charge is 0.345 e.